The highest BCUT2D eigenvalue weighted by molar-refractivity contribution is 6.32. The van der Waals surface area contributed by atoms with Gasteiger partial charge in [-0.2, -0.15) is 13.2 Å². The van der Waals surface area contributed by atoms with Gasteiger partial charge in [-0.05, 0) is 31.4 Å². The molecule has 104 valence electrons. The van der Waals surface area contributed by atoms with Gasteiger partial charge in [0.15, 0.2) is 0 Å². The lowest BCUT2D eigenvalue weighted by molar-refractivity contribution is -0.214. The lowest BCUT2D eigenvalue weighted by Gasteiger charge is -2.39. The van der Waals surface area contributed by atoms with Crippen LogP contribution in [0.15, 0.2) is 22.8 Å². The fourth-order valence-corrected chi connectivity index (χ4v) is 3.21. The van der Waals surface area contributed by atoms with Crippen LogP contribution in [0.4, 0.5) is 13.2 Å². The Morgan fingerprint density at radius 3 is 2.33 bits per heavy atom. The summed E-state index contributed by atoms with van der Waals surface area (Å²) in [6, 6.07) is 0. The molecule has 0 bridgehead atoms. The van der Waals surface area contributed by atoms with Gasteiger partial charge in [-0.25, -0.2) is 0 Å². The van der Waals surface area contributed by atoms with E-state index in [0.717, 1.165) is 0 Å². The molecule has 2 atom stereocenters. The number of alkyl halides is 4. The van der Waals surface area contributed by atoms with Crippen molar-refractivity contribution in [3.05, 3.63) is 22.8 Å². The summed E-state index contributed by atoms with van der Waals surface area (Å²) in [4.78, 5) is 0. The first-order chi connectivity index (χ1) is 8.26. The first-order valence-electron chi connectivity index (χ1n) is 6.06. The standard InChI is InChI=1S/C13H17Cl2F3/c1-3-5-12(4-2,13(16,17)18)9-6-10(14)8-11(15)7-9/h6,8,11H,3-5,7H2,1-2H3. The average Bonchev–Trinajstić information content (AvgIpc) is 2.22. The molecule has 0 fully saturated rings. The summed E-state index contributed by atoms with van der Waals surface area (Å²) in [5.74, 6) is 0. The predicted octanol–water partition coefficient (Wildman–Crippen LogP) is 5.81. The van der Waals surface area contributed by atoms with Gasteiger partial charge in [-0.15, -0.1) is 11.6 Å². The maximum absolute atomic E-state index is 13.5. The molecule has 0 nitrogen and oxygen atoms in total. The fraction of sp³-hybridized carbons (Fsp3) is 0.692. The van der Waals surface area contributed by atoms with Crippen molar-refractivity contribution in [2.24, 2.45) is 5.41 Å². The van der Waals surface area contributed by atoms with Crippen molar-refractivity contribution in [3.8, 4) is 0 Å². The third kappa shape index (κ3) is 3.05. The molecule has 0 saturated heterocycles. The Labute approximate surface area is 116 Å². The van der Waals surface area contributed by atoms with E-state index in [-0.39, 0.29) is 19.3 Å². The second kappa shape index (κ2) is 5.87. The summed E-state index contributed by atoms with van der Waals surface area (Å²) in [6.45, 7) is 3.33. The van der Waals surface area contributed by atoms with Crippen molar-refractivity contribution in [1.29, 1.82) is 0 Å². The lowest BCUT2D eigenvalue weighted by atomic mass is 9.71. The van der Waals surface area contributed by atoms with E-state index in [1.165, 1.54) is 6.08 Å². The largest absolute Gasteiger partial charge is 0.398 e. The first kappa shape index (κ1) is 15.9. The molecule has 1 aliphatic rings. The summed E-state index contributed by atoms with van der Waals surface area (Å²) < 4.78 is 40.4. The number of halogens is 5. The molecule has 0 N–H and O–H groups in total. The molecule has 0 amide bonds. The molecule has 0 heterocycles. The topological polar surface area (TPSA) is 0 Å². The fourth-order valence-electron chi connectivity index (χ4n) is 2.56. The minimum atomic E-state index is -4.27. The number of hydrogen-bond donors (Lipinski definition) is 0. The molecule has 0 aromatic rings. The molecule has 0 aliphatic heterocycles. The van der Waals surface area contributed by atoms with Crippen LogP contribution in [0.2, 0.25) is 0 Å². The van der Waals surface area contributed by atoms with Crippen LogP contribution in [-0.4, -0.2) is 11.6 Å². The van der Waals surface area contributed by atoms with Gasteiger partial charge in [0, 0.05) is 5.03 Å². The van der Waals surface area contributed by atoms with Crippen molar-refractivity contribution >= 4 is 23.2 Å². The smallest absolute Gasteiger partial charge is 0.170 e. The minimum absolute atomic E-state index is 0.0178. The molecule has 0 spiro atoms. The third-order valence-corrected chi connectivity index (χ3v) is 4.02. The van der Waals surface area contributed by atoms with Crippen molar-refractivity contribution in [2.45, 2.75) is 51.1 Å². The van der Waals surface area contributed by atoms with Gasteiger partial charge in [-0.1, -0.05) is 37.4 Å². The minimum Gasteiger partial charge on any atom is -0.170 e. The van der Waals surface area contributed by atoms with Crippen LogP contribution < -0.4 is 0 Å². The zero-order valence-corrected chi connectivity index (χ0v) is 12.0. The summed E-state index contributed by atoms with van der Waals surface area (Å²) in [7, 11) is 0. The van der Waals surface area contributed by atoms with Crippen LogP contribution in [0.1, 0.15) is 39.5 Å². The number of hydrogen-bond acceptors (Lipinski definition) is 0. The highest BCUT2D eigenvalue weighted by Crippen LogP contribution is 2.53. The predicted molar refractivity (Wildman–Crippen MR) is 70.0 cm³/mol. The van der Waals surface area contributed by atoms with Crippen molar-refractivity contribution in [1.82, 2.24) is 0 Å². The average molecular weight is 301 g/mol. The number of allylic oxidation sites excluding steroid dienone is 4. The van der Waals surface area contributed by atoms with Crippen LogP contribution in [-0.2, 0) is 0 Å². The van der Waals surface area contributed by atoms with E-state index >= 15 is 0 Å². The highest BCUT2D eigenvalue weighted by Gasteiger charge is 2.55. The van der Waals surface area contributed by atoms with Crippen LogP contribution >= 0.6 is 23.2 Å². The first-order valence-corrected chi connectivity index (χ1v) is 6.87. The number of rotatable bonds is 4. The summed E-state index contributed by atoms with van der Waals surface area (Å²) in [5, 5.41) is -0.156. The summed E-state index contributed by atoms with van der Waals surface area (Å²) in [6.07, 6.45) is -0.474. The van der Waals surface area contributed by atoms with E-state index in [1.54, 1.807) is 19.9 Å². The van der Waals surface area contributed by atoms with Crippen molar-refractivity contribution in [3.63, 3.8) is 0 Å². The van der Waals surface area contributed by atoms with Gasteiger partial charge in [0.05, 0.1) is 10.8 Å². The van der Waals surface area contributed by atoms with Crippen molar-refractivity contribution in [2.75, 3.05) is 0 Å². The van der Waals surface area contributed by atoms with Gasteiger partial charge in [0.1, 0.15) is 0 Å². The molecule has 1 aliphatic carbocycles. The summed E-state index contributed by atoms with van der Waals surface area (Å²) in [5.41, 5.74) is -1.48. The maximum atomic E-state index is 13.5. The Hall–Kier alpha value is -0.150. The summed E-state index contributed by atoms with van der Waals surface area (Å²) >= 11 is 11.8. The third-order valence-electron chi connectivity index (χ3n) is 3.50. The molecule has 0 aromatic carbocycles. The Balaban J connectivity index is 3.23. The van der Waals surface area contributed by atoms with Crippen molar-refractivity contribution < 1.29 is 13.2 Å². The second-order valence-corrected chi connectivity index (χ2v) is 5.62. The molecular weight excluding hydrogens is 284 g/mol. The quantitative estimate of drug-likeness (QED) is 0.575. The van der Waals surface area contributed by atoms with Gasteiger partial charge in [-0.3, -0.25) is 0 Å². The monoisotopic (exact) mass is 300 g/mol. The van der Waals surface area contributed by atoms with Gasteiger partial charge >= 0.3 is 6.18 Å². The zero-order chi connectivity index (χ0) is 14.0. The lowest BCUT2D eigenvalue weighted by Crippen LogP contribution is -2.40. The molecular formula is C13H17Cl2F3. The highest BCUT2D eigenvalue weighted by atomic mass is 35.5. The molecule has 18 heavy (non-hydrogen) atoms. The maximum Gasteiger partial charge on any atom is 0.398 e. The Bertz CT molecular complexity index is 358. The molecule has 5 heteroatoms. The Kier molecular flexibility index (Phi) is 5.19. The molecule has 2 unspecified atom stereocenters. The van der Waals surface area contributed by atoms with Gasteiger partial charge in [0.2, 0.25) is 0 Å². The molecule has 1 rings (SSSR count). The van der Waals surface area contributed by atoms with Crippen LogP contribution in [0.25, 0.3) is 0 Å². The van der Waals surface area contributed by atoms with Crippen LogP contribution in [0.3, 0.4) is 0 Å². The molecule has 0 radical (unpaired) electrons. The normalized spacial score (nSPS) is 24.3. The second-order valence-electron chi connectivity index (χ2n) is 4.62. The van der Waals surface area contributed by atoms with E-state index in [4.69, 9.17) is 23.2 Å². The van der Waals surface area contributed by atoms with E-state index in [0.29, 0.717) is 17.0 Å². The van der Waals surface area contributed by atoms with E-state index in [1.807, 2.05) is 0 Å². The van der Waals surface area contributed by atoms with Crippen LogP contribution in [0.5, 0.6) is 0 Å². The Morgan fingerprint density at radius 2 is 1.94 bits per heavy atom. The van der Waals surface area contributed by atoms with Gasteiger partial charge in [0.25, 0.3) is 0 Å². The van der Waals surface area contributed by atoms with E-state index in [2.05, 4.69) is 0 Å². The zero-order valence-electron chi connectivity index (χ0n) is 10.5. The van der Waals surface area contributed by atoms with E-state index in [9.17, 15) is 13.2 Å². The molecule has 0 saturated carbocycles. The van der Waals surface area contributed by atoms with Crippen LogP contribution in [0, 0.1) is 5.41 Å². The Morgan fingerprint density at radius 1 is 1.33 bits per heavy atom. The molecule has 0 aromatic heterocycles. The van der Waals surface area contributed by atoms with E-state index < -0.39 is 17.0 Å². The van der Waals surface area contributed by atoms with Gasteiger partial charge < -0.3 is 0 Å². The SMILES string of the molecule is CCCC(CC)(C1=CC(Cl)=CC(Cl)C1)C(F)(F)F.